The molecule has 0 radical (unpaired) electrons. The molecule has 0 saturated heterocycles. The fourth-order valence-electron chi connectivity index (χ4n) is 3.24. The molecule has 0 bridgehead atoms. The van der Waals surface area contributed by atoms with Crippen molar-refractivity contribution < 1.29 is 0 Å². The van der Waals surface area contributed by atoms with E-state index in [9.17, 15) is 0 Å². The molecule has 0 atom stereocenters. The van der Waals surface area contributed by atoms with Crippen molar-refractivity contribution in [3.05, 3.63) is 29.2 Å². The van der Waals surface area contributed by atoms with E-state index in [2.05, 4.69) is 14.9 Å². The van der Waals surface area contributed by atoms with E-state index in [4.69, 9.17) is 9.97 Å². The number of thiophene rings is 1. The molecule has 0 aromatic carbocycles. The molecule has 1 N–H and O–H groups in total. The molecule has 0 fully saturated rings. The van der Waals surface area contributed by atoms with Crippen molar-refractivity contribution in [3.63, 3.8) is 0 Å². The summed E-state index contributed by atoms with van der Waals surface area (Å²) in [5.74, 6) is 1.02. The number of aromatic nitrogens is 4. The van der Waals surface area contributed by atoms with Crippen LogP contribution in [0.15, 0.2) is 23.9 Å². The van der Waals surface area contributed by atoms with Gasteiger partial charge in [0.05, 0.1) is 11.7 Å². The lowest BCUT2D eigenvalue weighted by Crippen LogP contribution is -2.09. The molecule has 3 aromatic heterocycles. The van der Waals surface area contributed by atoms with Crippen LogP contribution in [-0.2, 0) is 19.4 Å². The molecule has 24 heavy (non-hydrogen) atoms. The molecule has 0 aliphatic heterocycles. The van der Waals surface area contributed by atoms with Gasteiger partial charge in [-0.15, -0.1) is 11.3 Å². The third-order valence-electron chi connectivity index (χ3n) is 4.42. The minimum absolute atomic E-state index is 0.859. The highest BCUT2D eigenvalue weighted by Gasteiger charge is 2.20. The molecule has 0 amide bonds. The van der Waals surface area contributed by atoms with Gasteiger partial charge in [-0.05, 0) is 43.9 Å². The molecule has 126 valence electrons. The zero-order valence-electron chi connectivity index (χ0n) is 13.8. The quantitative estimate of drug-likeness (QED) is 0.410. The Labute approximate surface area is 149 Å². The Bertz CT molecular complexity index is 825. The second kappa shape index (κ2) is 7.11. The number of anilines is 1. The summed E-state index contributed by atoms with van der Waals surface area (Å²) in [7, 11) is 0. The molecule has 0 unspecified atom stereocenters. The first-order chi connectivity index (χ1) is 11.8. The number of nitrogens with zero attached hydrogens (tertiary/aromatic N) is 4. The van der Waals surface area contributed by atoms with E-state index in [1.54, 1.807) is 11.8 Å². The Morgan fingerprint density at radius 2 is 2.21 bits per heavy atom. The number of thioether (sulfide) groups is 1. The van der Waals surface area contributed by atoms with Crippen molar-refractivity contribution in [2.45, 2.75) is 43.8 Å². The van der Waals surface area contributed by atoms with Crippen molar-refractivity contribution in [2.24, 2.45) is 0 Å². The van der Waals surface area contributed by atoms with Gasteiger partial charge in [0.25, 0.3) is 0 Å². The zero-order valence-corrected chi connectivity index (χ0v) is 15.4. The van der Waals surface area contributed by atoms with E-state index in [1.807, 2.05) is 36.3 Å². The van der Waals surface area contributed by atoms with Gasteiger partial charge in [-0.1, -0.05) is 11.8 Å². The van der Waals surface area contributed by atoms with Crippen LogP contribution in [0.3, 0.4) is 0 Å². The van der Waals surface area contributed by atoms with Crippen LogP contribution in [0.1, 0.15) is 29.7 Å². The predicted octanol–water partition coefficient (Wildman–Crippen LogP) is 3.99. The second-order valence-corrected chi connectivity index (χ2v) is 7.89. The minimum Gasteiger partial charge on any atom is -0.369 e. The number of aryl methyl sites for hydroxylation is 3. The fraction of sp³-hybridized carbons (Fsp3) is 0.471. The first kappa shape index (κ1) is 15.9. The van der Waals surface area contributed by atoms with Crippen LogP contribution in [0, 0.1) is 0 Å². The van der Waals surface area contributed by atoms with Gasteiger partial charge in [0, 0.05) is 30.4 Å². The molecule has 1 aliphatic carbocycles. The summed E-state index contributed by atoms with van der Waals surface area (Å²) in [5.41, 5.74) is 1.49. The highest BCUT2D eigenvalue weighted by molar-refractivity contribution is 7.98. The predicted molar refractivity (Wildman–Crippen MR) is 101 cm³/mol. The summed E-state index contributed by atoms with van der Waals surface area (Å²) in [6.45, 7) is 1.88. The third kappa shape index (κ3) is 3.15. The summed E-state index contributed by atoms with van der Waals surface area (Å²) in [4.78, 5) is 16.3. The van der Waals surface area contributed by atoms with Crippen LogP contribution in [0.25, 0.3) is 10.2 Å². The van der Waals surface area contributed by atoms with Crippen LogP contribution in [0.5, 0.6) is 0 Å². The summed E-state index contributed by atoms with van der Waals surface area (Å²) >= 11 is 3.48. The second-order valence-electron chi connectivity index (χ2n) is 6.03. The molecule has 1 aliphatic rings. The van der Waals surface area contributed by atoms with Gasteiger partial charge in [0.2, 0.25) is 0 Å². The summed E-state index contributed by atoms with van der Waals surface area (Å²) < 4.78 is 2.11. The number of hydrogen-bond donors (Lipinski definition) is 1. The molecule has 3 heterocycles. The Morgan fingerprint density at radius 3 is 3.04 bits per heavy atom. The van der Waals surface area contributed by atoms with Crippen LogP contribution in [-0.4, -0.2) is 32.3 Å². The lowest BCUT2D eigenvalue weighted by atomic mass is 9.97. The van der Waals surface area contributed by atoms with E-state index in [1.165, 1.54) is 41.5 Å². The highest BCUT2D eigenvalue weighted by atomic mass is 32.2. The maximum Gasteiger partial charge on any atom is 0.190 e. The van der Waals surface area contributed by atoms with Crippen molar-refractivity contribution >= 4 is 39.1 Å². The van der Waals surface area contributed by atoms with Gasteiger partial charge in [-0.3, -0.25) is 0 Å². The topological polar surface area (TPSA) is 55.6 Å². The van der Waals surface area contributed by atoms with Crippen molar-refractivity contribution in [2.75, 3.05) is 18.1 Å². The summed E-state index contributed by atoms with van der Waals surface area (Å²) in [6, 6.07) is 0. The third-order valence-corrected chi connectivity index (χ3v) is 6.15. The molecule has 4 rings (SSSR count). The monoisotopic (exact) mass is 359 g/mol. The maximum atomic E-state index is 4.76. The first-order valence-electron chi connectivity index (χ1n) is 8.41. The standard InChI is InChI=1S/C17H21N5S2/c1-23-17-20-15(19-7-4-9-22-10-8-18-11-22)14-12-5-2-3-6-13(12)24-16(14)21-17/h8,10-11H,2-7,9H2,1H3,(H,19,20,21). The first-order valence-corrected chi connectivity index (χ1v) is 10.4. The average Bonchev–Trinajstić information content (AvgIpc) is 3.25. The molecule has 3 aromatic rings. The highest BCUT2D eigenvalue weighted by Crippen LogP contribution is 2.39. The Hall–Kier alpha value is -1.60. The summed E-state index contributed by atoms with van der Waals surface area (Å²) in [6.07, 6.45) is 13.7. The summed E-state index contributed by atoms with van der Waals surface area (Å²) in [5, 5.41) is 5.70. The van der Waals surface area contributed by atoms with Crippen LogP contribution < -0.4 is 5.32 Å². The largest absolute Gasteiger partial charge is 0.369 e. The Balaban J connectivity index is 1.57. The molecule has 5 nitrogen and oxygen atoms in total. The molecule has 0 spiro atoms. The van der Waals surface area contributed by atoms with Gasteiger partial charge >= 0.3 is 0 Å². The lowest BCUT2D eigenvalue weighted by molar-refractivity contribution is 0.660. The normalized spacial score (nSPS) is 14.0. The number of fused-ring (bicyclic) bond motifs is 3. The van der Waals surface area contributed by atoms with E-state index in [0.29, 0.717) is 0 Å². The van der Waals surface area contributed by atoms with E-state index < -0.39 is 0 Å². The van der Waals surface area contributed by atoms with Crippen molar-refractivity contribution in [3.8, 4) is 0 Å². The van der Waals surface area contributed by atoms with Gasteiger partial charge < -0.3 is 9.88 Å². The van der Waals surface area contributed by atoms with Gasteiger partial charge in [0.1, 0.15) is 10.6 Å². The van der Waals surface area contributed by atoms with Crippen LogP contribution >= 0.6 is 23.1 Å². The molecule has 0 saturated carbocycles. The van der Waals surface area contributed by atoms with Gasteiger partial charge in [0.15, 0.2) is 5.16 Å². The molecular formula is C17H21N5S2. The Morgan fingerprint density at radius 1 is 1.29 bits per heavy atom. The van der Waals surface area contributed by atoms with Gasteiger partial charge in [-0.2, -0.15) is 0 Å². The Kier molecular flexibility index (Phi) is 4.71. The number of imidazole rings is 1. The average molecular weight is 360 g/mol. The SMILES string of the molecule is CSc1nc(NCCCn2ccnc2)c2c3c(sc2n1)CCCC3. The van der Waals surface area contributed by atoms with Crippen molar-refractivity contribution in [1.82, 2.24) is 19.5 Å². The lowest BCUT2D eigenvalue weighted by Gasteiger charge is -2.13. The fourth-order valence-corrected chi connectivity index (χ4v) is 4.93. The minimum atomic E-state index is 0.859. The van der Waals surface area contributed by atoms with E-state index in [-0.39, 0.29) is 0 Å². The maximum absolute atomic E-state index is 4.76. The number of hydrogen-bond acceptors (Lipinski definition) is 6. The smallest absolute Gasteiger partial charge is 0.190 e. The number of nitrogens with one attached hydrogen (secondary N) is 1. The molecular weight excluding hydrogens is 338 g/mol. The van der Waals surface area contributed by atoms with E-state index >= 15 is 0 Å². The number of rotatable bonds is 6. The van der Waals surface area contributed by atoms with E-state index in [0.717, 1.165) is 35.3 Å². The zero-order chi connectivity index (χ0) is 16.4. The van der Waals surface area contributed by atoms with Crippen molar-refractivity contribution in [1.29, 1.82) is 0 Å². The van der Waals surface area contributed by atoms with Crippen LogP contribution in [0.4, 0.5) is 5.82 Å². The van der Waals surface area contributed by atoms with Gasteiger partial charge in [-0.25, -0.2) is 15.0 Å². The molecule has 7 heteroatoms. The van der Waals surface area contributed by atoms with Crippen LogP contribution in [0.2, 0.25) is 0 Å².